The van der Waals surface area contributed by atoms with Crippen LogP contribution < -0.4 is 5.32 Å². The number of aryl methyl sites for hydroxylation is 1. The normalized spacial score (nSPS) is 29.8. The van der Waals surface area contributed by atoms with E-state index < -0.39 is 0 Å². The highest BCUT2D eigenvalue weighted by Crippen LogP contribution is 2.65. The van der Waals surface area contributed by atoms with E-state index in [1.54, 1.807) is 6.92 Å². The molecule has 4 heteroatoms. The highest BCUT2D eigenvalue weighted by atomic mass is 16.5. The zero-order valence-electron chi connectivity index (χ0n) is 15.4. The molecule has 132 valence electrons. The molecule has 4 nitrogen and oxygen atoms in total. The van der Waals surface area contributed by atoms with Crippen molar-refractivity contribution < 1.29 is 9.32 Å². The Kier molecular flexibility index (Phi) is 3.57. The molecular formula is C21H26N2O2. The first-order chi connectivity index (χ1) is 11.8. The number of benzene rings is 1. The predicted molar refractivity (Wildman–Crippen MR) is 97.2 cm³/mol. The van der Waals surface area contributed by atoms with Crippen LogP contribution in [0.5, 0.6) is 0 Å². The molecule has 25 heavy (non-hydrogen) atoms. The molecule has 1 heterocycles. The van der Waals surface area contributed by atoms with Crippen LogP contribution in [0, 0.1) is 23.7 Å². The number of amides is 1. The SMILES string of the molecule is Cc1onc(-c2ccccc2)c1C(=O)N[C@H]1C[C@H]2CC[C@@]1(C)C2(C)C. The first-order valence-corrected chi connectivity index (χ1v) is 9.17. The fraction of sp³-hybridized carbons (Fsp3) is 0.524. The summed E-state index contributed by atoms with van der Waals surface area (Å²) in [5, 5.41) is 7.46. The Bertz CT molecular complexity index is 809. The van der Waals surface area contributed by atoms with Gasteiger partial charge in [-0.3, -0.25) is 4.79 Å². The third kappa shape index (κ3) is 2.26. The van der Waals surface area contributed by atoms with Crippen LogP contribution in [0.3, 0.4) is 0 Å². The van der Waals surface area contributed by atoms with Crippen molar-refractivity contribution in [1.82, 2.24) is 10.5 Å². The summed E-state index contributed by atoms with van der Waals surface area (Å²) in [4.78, 5) is 13.1. The van der Waals surface area contributed by atoms with E-state index in [9.17, 15) is 4.79 Å². The molecule has 2 aromatic rings. The standard InChI is InChI=1S/C21H26N2O2/c1-13-17(18(23-25-13)14-8-6-5-7-9-14)19(24)22-16-12-15-10-11-21(16,4)20(15,2)3/h5-9,15-16H,10-12H2,1-4H3,(H,22,24)/t15-,16+,21-/m1/s1. The molecule has 0 aliphatic heterocycles. The Morgan fingerprint density at radius 3 is 2.56 bits per heavy atom. The zero-order valence-corrected chi connectivity index (χ0v) is 15.4. The molecule has 2 bridgehead atoms. The molecule has 1 amide bonds. The molecule has 0 unspecified atom stereocenters. The lowest BCUT2D eigenvalue weighted by atomic mass is 9.69. The number of rotatable bonds is 3. The third-order valence-corrected chi connectivity index (χ3v) is 7.24. The van der Waals surface area contributed by atoms with E-state index in [1.165, 1.54) is 12.8 Å². The van der Waals surface area contributed by atoms with E-state index in [0.717, 1.165) is 12.0 Å². The van der Waals surface area contributed by atoms with Crippen LogP contribution in [0.25, 0.3) is 11.3 Å². The van der Waals surface area contributed by atoms with Gasteiger partial charge >= 0.3 is 0 Å². The Morgan fingerprint density at radius 2 is 1.96 bits per heavy atom. The van der Waals surface area contributed by atoms with Crippen LogP contribution in [-0.4, -0.2) is 17.1 Å². The van der Waals surface area contributed by atoms with Crippen molar-refractivity contribution in [3.05, 3.63) is 41.7 Å². The van der Waals surface area contributed by atoms with Gasteiger partial charge in [0.1, 0.15) is 17.0 Å². The summed E-state index contributed by atoms with van der Waals surface area (Å²) in [5.41, 5.74) is 2.53. The number of fused-ring (bicyclic) bond motifs is 2. The van der Waals surface area contributed by atoms with Gasteiger partial charge in [-0.25, -0.2) is 0 Å². The molecule has 2 saturated carbocycles. The van der Waals surface area contributed by atoms with Gasteiger partial charge in [-0.2, -0.15) is 0 Å². The average Bonchev–Trinajstić information content (AvgIpc) is 3.14. The quantitative estimate of drug-likeness (QED) is 0.890. The van der Waals surface area contributed by atoms with Crippen molar-refractivity contribution in [3.8, 4) is 11.3 Å². The number of carbonyl (C=O) groups is 1. The molecule has 0 saturated heterocycles. The maximum atomic E-state index is 13.1. The number of nitrogens with one attached hydrogen (secondary N) is 1. The lowest BCUT2D eigenvalue weighted by Gasteiger charge is -2.39. The van der Waals surface area contributed by atoms with Crippen molar-refractivity contribution in [2.75, 3.05) is 0 Å². The van der Waals surface area contributed by atoms with Crippen LogP contribution in [0.1, 0.15) is 56.2 Å². The smallest absolute Gasteiger partial charge is 0.257 e. The number of hydrogen-bond donors (Lipinski definition) is 1. The van der Waals surface area contributed by atoms with Crippen molar-refractivity contribution in [3.63, 3.8) is 0 Å². The minimum atomic E-state index is -0.0628. The van der Waals surface area contributed by atoms with E-state index >= 15 is 0 Å². The maximum absolute atomic E-state index is 13.1. The summed E-state index contributed by atoms with van der Waals surface area (Å²) in [7, 11) is 0. The highest BCUT2D eigenvalue weighted by molar-refractivity contribution is 6.01. The Hall–Kier alpha value is -2.10. The molecular weight excluding hydrogens is 312 g/mol. The lowest BCUT2D eigenvalue weighted by molar-refractivity contribution is 0.0825. The molecule has 0 spiro atoms. The maximum Gasteiger partial charge on any atom is 0.257 e. The average molecular weight is 338 g/mol. The van der Waals surface area contributed by atoms with Gasteiger partial charge in [-0.15, -0.1) is 0 Å². The van der Waals surface area contributed by atoms with Crippen molar-refractivity contribution in [2.45, 2.75) is 53.0 Å². The van der Waals surface area contributed by atoms with E-state index in [-0.39, 0.29) is 22.8 Å². The summed E-state index contributed by atoms with van der Waals surface area (Å²) in [6.07, 6.45) is 3.53. The van der Waals surface area contributed by atoms with Crippen LogP contribution in [0.2, 0.25) is 0 Å². The first kappa shape index (κ1) is 16.4. The van der Waals surface area contributed by atoms with Crippen LogP contribution in [0.4, 0.5) is 0 Å². The van der Waals surface area contributed by atoms with E-state index in [0.29, 0.717) is 22.9 Å². The summed E-state index contributed by atoms with van der Waals surface area (Å²) in [6, 6.07) is 9.97. The first-order valence-electron chi connectivity index (χ1n) is 9.17. The van der Waals surface area contributed by atoms with Crippen LogP contribution in [-0.2, 0) is 0 Å². The van der Waals surface area contributed by atoms with E-state index in [2.05, 4.69) is 31.2 Å². The molecule has 1 N–H and O–H groups in total. The predicted octanol–water partition coefficient (Wildman–Crippen LogP) is 4.59. The summed E-state index contributed by atoms with van der Waals surface area (Å²) < 4.78 is 5.35. The van der Waals surface area contributed by atoms with Gasteiger partial charge in [0.25, 0.3) is 5.91 Å². The van der Waals surface area contributed by atoms with Crippen molar-refractivity contribution >= 4 is 5.91 Å². The minimum Gasteiger partial charge on any atom is -0.360 e. The molecule has 4 rings (SSSR count). The van der Waals surface area contributed by atoms with Crippen molar-refractivity contribution in [1.29, 1.82) is 0 Å². The fourth-order valence-corrected chi connectivity index (χ4v) is 5.09. The second-order valence-corrected chi connectivity index (χ2v) is 8.46. The van der Waals surface area contributed by atoms with E-state index in [4.69, 9.17) is 4.52 Å². The van der Waals surface area contributed by atoms with Gasteiger partial charge in [0.05, 0.1) is 0 Å². The molecule has 2 aliphatic rings. The van der Waals surface area contributed by atoms with Crippen LogP contribution in [0.15, 0.2) is 34.9 Å². The minimum absolute atomic E-state index is 0.0628. The summed E-state index contributed by atoms with van der Waals surface area (Å²) in [6.45, 7) is 8.86. The monoisotopic (exact) mass is 338 g/mol. The molecule has 1 aromatic carbocycles. The molecule has 2 fully saturated rings. The largest absolute Gasteiger partial charge is 0.360 e. The number of aromatic nitrogens is 1. The molecule has 3 atom stereocenters. The van der Waals surface area contributed by atoms with Crippen molar-refractivity contribution in [2.24, 2.45) is 16.7 Å². The van der Waals surface area contributed by atoms with Gasteiger partial charge in [-0.05, 0) is 42.9 Å². The zero-order chi connectivity index (χ0) is 17.8. The van der Waals surface area contributed by atoms with Gasteiger partial charge in [0.2, 0.25) is 0 Å². The molecule has 1 aromatic heterocycles. The Labute approximate surface area is 149 Å². The number of hydrogen-bond acceptors (Lipinski definition) is 3. The van der Waals surface area contributed by atoms with E-state index in [1.807, 2.05) is 30.3 Å². The van der Waals surface area contributed by atoms with Crippen LogP contribution >= 0.6 is 0 Å². The lowest BCUT2D eigenvalue weighted by Crippen LogP contribution is -2.47. The number of nitrogens with zero attached hydrogens (tertiary/aromatic N) is 1. The summed E-state index contributed by atoms with van der Waals surface area (Å²) in [5.74, 6) is 1.20. The molecule has 0 radical (unpaired) electrons. The van der Waals surface area contributed by atoms with Gasteiger partial charge in [-0.1, -0.05) is 56.3 Å². The number of carbonyl (C=O) groups excluding carboxylic acids is 1. The van der Waals surface area contributed by atoms with Gasteiger partial charge < -0.3 is 9.84 Å². The Morgan fingerprint density at radius 1 is 1.24 bits per heavy atom. The second kappa shape index (κ2) is 5.45. The topological polar surface area (TPSA) is 55.1 Å². The summed E-state index contributed by atoms with van der Waals surface area (Å²) >= 11 is 0. The fourth-order valence-electron chi connectivity index (χ4n) is 5.09. The Balaban J connectivity index is 1.63. The molecule has 2 aliphatic carbocycles. The highest BCUT2D eigenvalue weighted by Gasteiger charge is 2.61. The third-order valence-electron chi connectivity index (χ3n) is 7.24. The van der Waals surface area contributed by atoms with Gasteiger partial charge in [0.15, 0.2) is 0 Å². The second-order valence-electron chi connectivity index (χ2n) is 8.46. The van der Waals surface area contributed by atoms with Gasteiger partial charge in [0, 0.05) is 11.6 Å².